The standard InChI is InChI=1S/C22H30N2/c1-12(2)22(24)20(16-6-7-16)13(3)10-18-11-19(23)14(4)15(5)21(18)17-8-9-17/h10-11,16-17H,1,6-9,23-24H2,2-5H3/b13-10-,22-20-. The van der Waals surface area contributed by atoms with Gasteiger partial charge in [-0.15, -0.1) is 0 Å². The van der Waals surface area contributed by atoms with Crippen molar-refractivity contribution >= 4 is 11.8 Å². The molecule has 0 bridgehead atoms. The summed E-state index contributed by atoms with van der Waals surface area (Å²) >= 11 is 0. The van der Waals surface area contributed by atoms with Gasteiger partial charge in [0.05, 0.1) is 0 Å². The molecule has 0 saturated heterocycles. The number of rotatable bonds is 5. The second kappa shape index (κ2) is 6.16. The Morgan fingerprint density at radius 1 is 1.12 bits per heavy atom. The van der Waals surface area contributed by atoms with Gasteiger partial charge in [-0.05, 0) is 110 Å². The molecule has 0 spiro atoms. The Kier molecular flexibility index (Phi) is 4.33. The molecular weight excluding hydrogens is 292 g/mol. The zero-order valence-corrected chi connectivity index (χ0v) is 15.5. The van der Waals surface area contributed by atoms with E-state index in [-0.39, 0.29) is 0 Å². The Bertz CT molecular complexity index is 757. The van der Waals surface area contributed by atoms with E-state index in [1.807, 2.05) is 6.92 Å². The molecule has 0 atom stereocenters. The first kappa shape index (κ1) is 16.9. The number of nitrogens with two attached hydrogens (primary N) is 2. The highest BCUT2D eigenvalue weighted by molar-refractivity contribution is 5.70. The number of benzene rings is 1. The second-order valence-electron chi connectivity index (χ2n) is 7.70. The first-order valence-electron chi connectivity index (χ1n) is 9.05. The van der Waals surface area contributed by atoms with Crippen LogP contribution in [0.2, 0.25) is 0 Å². The minimum atomic E-state index is 0.603. The van der Waals surface area contributed by atoms with E-state index in [4.69, 9.17) is 11.5 Å². The first-order chi connectivity index (χ1) is 11.3. The average Bonchev–Trinajstić information content (AvgIpc) is 3.38. The van der Waals surface area contributed by atoms with Crippen LogP contribution in [0.25, 0.3) is 6.08 Å². The van der Waals surface area contributed by atoms with Crippen LogP contribution in [-0.4, -0.2) is 0 Å². The highest BCUT2D eigenvalue weighted by Crippen LogP contribution is 2.47. The maximum Gasteiger partial charge on any atom is 0.0375 e. The molecule has 0 aliphatic heterocycles. The molecule has 24 heavy (non-hydrogen) atoms. The number of anilines is 1. The van der Waals surface area contributed by atoms with Gasteiger partial charge in [-0.25, -0.2) is 0 Å². The summed E-state index contributed by atoms with van der Waals surface area (Å²) < 4.78 is 0. The molecule has 2 aliphatic carbocycles. The van der Waals surface area contributed by atoms with Crippen molar-refractivity contribution < 1.29 is 0 Å². The van der Waals surface area contributed by atoms with Crippen LogP contribution < -0.4 is 11.5 Å². The lowest BCUT2D eigenvalue weighted by molar-refractivity contribution is 0.980. The molecule has 0 aromatic heterocycles. The topological polar surface area (TPSA) is 52.0 Å². The Morgan fingerprint density at radius 2 is 1.75 bits per heavy atom. The molecule has 1 aromatic rings. The highest BCUT2D eigenvalue weighted by atomic mass is 14.6. The van der Waals surface area contributed by atoms with Crippen molar-refractivity contribution in [3.8, 4) is 0 Å². The van der Waals surface area contributed by atoms with Gasteiger partial charge in [0.2, 0.25) is 0 Å². The summed E-state index contributed by atoms with van der Waals surface area (Å²) in [6, 6.07) is 2.15. The van der Waals surface area contributed by atoms with Crippen LogP contribution in [-0.2, 0) is 0 Å². The lowest BCUT2D eigenvalue weighted by atomic mass is 9.89. The fraction of sp³-hybridized carbons (Fsp3) is 0.455. The number of nitrogen functional groups attached to an aromatic ring is 1. The molecule has 3 rings (SSSR count). The van der Waals surface area contributed by atoms with Gasteiger partial charge in [-0.3, -0.25) is 0 Å². The molecule has 1 aromatic carbocycles. The summed E-state index contributed by atoms with van der Waals surface area (Å²) in [5.74, 6) is 1.31. The average molecular weight is 322 g/mol. The lowest BCUT2D eigenvalue weighted by Gasteiger charge is -2.17. The molecule has 2 saturated carbocycles. The summed E-state index contributed by atoms with van der Waals surface area (Å²) in [5.41, 5.74) is 23.3. The molecule has 4 N–H and O–H groups in total. The van der Waals surface area contributed by atoms with Crippen molar-refractivity contribution in [1.29, 1.82) is 0 Å². The zero-order valence-electron chi connectivity index (χ0n) is 15.5. The van der Waals surface area contributed by atoms with Gasteiger partial charge in [-0.2, -0.15) is 0 Å². The Hall–Kier alpha value is -1.96. The van der Waals surface area contributed by atoms with Gasteiger partial charge < -0.3 is 11.5 Å². The van der Waals surface area contributed by atoms with Crippen molar-refractivity contribution in [3.63, 3.8) is 0 Å². The predicted molar refractivity (Wildman–Crippen MR) is 105 cm³/mol. The number of hydrogen-bond donors (Lipinski definition) is 2. The molecule has 2 fully saturated rings. The van der Waals surface area contributed by atoms with Gasteiger partial charge in [0.25, 0.3) is 0 Å². The molecule has 0 radical (unpaired) electrons. The first-order valence-corrected chi connectivity index (χ1v) is 9.05. The van der Waals surface area contributed by atoms with Crippen molar-refractivity contribution in [2.24, 2.45) is 11.7 Å². The van der Waals surface area contributed by atoms with E-state index in [0.29, 0.717) is 11.8 Å². The van der Waals surface area contributed by atoms with E-state index in [0.717, 1.165) is 17.0 Å². The molecular formula is C22H30N2. The fourth-order valence-corrected chi connectivity index (χ4v) is 3.69. The fourth-order valence-electron chi connectivity index (χ4n) is 3.69. The van der Waals surface area contributed by atoms with Crippen molar-refractivity contribution in [3.05, 3.63) is 57.3 Å². The molecule has 0 heterocycles. The maximum atomic E-state index is 6.36. The minimum absolute atomic E-state index is 0.603. The molecule has 0 unspecified atom stereocenters. The van der Waals surface area contributed by atoms with Crippen LogP contribution in [0.15, 0.2) is 35.1 Å². The van der Waals surface area contributed by atoms with Gasteiger partial charge in [-0.1, -0.05) is 12.7 Å². The van der Waals surface area contributed by atoms with E-state index in [1.165, 1.54) is 59.1 Å². The van der Waals surface area contributed by atoms with Gasteiger partial charge in [0.15, 0.2) is 0 Å². The van der Waals surface area contributed by atoms with Crippen LogP contribution in [0, 0.1) is 19.8 Å². The summed E-state index contributed by atoms with van der Waals surface area (Å²) in [7, 11) is 0. The van der Waals surface area contributed by atoms with Crippen LogP contribution in [0.1, 0.15) is 67.7 Å². The monoisotopic (exact) mass is 322 g/mol. The van der Waals surface area contributed by atoms with Crippen LogP contribution in [0.4, 0.5) is 5.69 Å². The minimum Gasteiger partial charge on any atom is -0.398 e. The van der Waals surface area contributed by atoms with Crippen LogP contribution in [0.3, 0.4) is 0 Å². The third kappa shape index (κ3) is 3.15. The van der Waals surface area contributed by atoms with E-state index in [9.17, 15) is 0 Å². The summed E-state index contributed by atoms with van der Waals surface area (Å²) in [6.45, 7) is 12.6. The van der Waals surface area contributed by atoms with Crippen molar-refractivity contribution in [2.75, 3.05) is 5.73 Å². The molecule has 0 amide bonds. The molecule has 2 heteroatoms. The van der Waals surface area contributed by atoms with Gasteiger partial charge in [0.1, 0.15) is 0 Å². The Balaban J connectivity index is 2.10. The summed E-state index contributed by atoms with van der Waals surface area (Å²) in [4.78, 5) is 0. The molecule has 2 aliphatic rings. The normalized spacial score (nSPS) is 19.2. The van der Waals surface area contributed by atoms with E-state index in [2.05, 4.69) is 39.5 Å². The smallest absolute Gasteiger partial charge is 0.0375 e. The summed E-state index contributed by atoms with van der Waals surface area (Å²) in [5, 5.41) is 0. The Morgan fingerprint density at radius 3 is 2.25 bits per heavy atom. The maximum absolute atomic E-state index is 6.36. The number of hydrogen-bond acceptors (Lipinski definition) is 2. The zero-order chi connectivity index (χ0) is 17.6. The van der Waals surface area contributed by atoms with Gasteiger partial charge in [0, 0.05) is 11.4 Å². The molecule has 2 nitrogen and oxygen atoms in total. The molecule has 128 valence electrons. The van der Waals surface area contributed by atoms with Crippen LogP contribution in [0.5, 0.6) is 0 Å². The van der Waals surface area contributed by atoms with Crippen molar-refractivity contribution in [2.45, 2.75) is 59.3 Å². The van der Waals surface area contributed by atoms with Crippen molar-refractivity contribution in [1.82, 2.24) is 0 Å². The highest BCUT2D eigenvalue weighted by Gasteiger charge is 2.31. The quantitative estimate of drug-likeness (QED) is 0.566. The van der Waals surface area contributed by atoms with Gasteiger partial charge >= 0.3 is 0 Å². The predicted octanol–water partition coefficient (Wildman–Crippen LogP) is 5.37. The lowest BCUT2D eigenvalue weighted by Crippen LogP contribution is -2.07. The Labute approximate surface area is 146 Å². The SMILES string of the molecule is C=C(C)/C(N)=C(\C(C)=C/c1cc(N)c(C)c(C)c1C1CC1)C1CC1. The van der Waals surface area contributed by atoms with E-state index < -0.39 is 0 Å². The number of allylic oxidation sites excluding steroid dienone is 3. The van der Waals surface area contributed by atoms with E-state index in [1.54, 1.807) is 0 Å². The van der Waals surface area contributed by atoms with E-state index >= 15 is 0 Å². The third-order valence-electron chi connectivity index (χ3n) is 5.54. The largest absolute Gasteiger partial charge is 0.398 e. The second-order valence-corrected chi connectivity index (χ2v) is 7.70. The third-order valence-corrected chi connectivity index (χ3v) is 5.54. The summed E-state index contributed by atoms with van der Waals surface area (Å²) in [6.07, 6.45) is 7.37. The van der Waals surface area contributed by atoms with Crippen LogP contribution >= 0.6 is 0 Å².